The van der Waals surface area contributed by atoms with Gasteiger partial charge in [-0.1, -0.05) is 30.2 Å². The van der Waals surface area contributed by atoms with Gasteiger partial charge in [0.15, 0.2) is 0 Å². The van der Waals surface area contributed by atoms with Crippen molar-refractivity contribution in [3.8, 4) is 0 Å². The monoisotopic (exact) mass is 240 g/mol. The van der Waals surface area contributed by atoms with E-state index in [9.17, 15) is 4.79 Å². The van der Waals surface area contributed by atoms with E-state index < -0.39 is 0 Å². The van der Waals surface area contributed by atoms with Gasteiger partial charge in [0.05, 0.1) is 10.7 Å². The summed E-state index contributed by atoms with van der Waals surface area (Å²) in [5, 5.41) is 3.35. The molecule has 0 bridgehead atoms. The van der Waals surface area contributed by atoms with Gasteiger partial charge in [0.25, 0.3) is 0 Å². The van der Waals surface area contributed by atoms with E-state index in [4.69, 9.17) is 17.3 Å². The third-order valence-corrected chi connectivity index (χ3v) is 2.59. The zero-order valence-electron chi connectivity index (χ0n) is 9.21. The highest BCUT2D eigenvalue weighted by Crippen LogP contribution is 2.20. The number of halogens is 1. The molecule has 0 saturated carbocycles. The Labute approximate surface area is 101 Å². The number of para-hydroxylation sites is 1. The van der Waals surface area contributed by atoms with Gasteiger partial charge < -0.3 is 11.1 Å². The third kappa shape index (κ3) is 4.64. The number of carbonyl (C=O) groups is 1. The van der Waals surface area contributed by atoms with Gasteiger partial charge >= 0.3 is 0 Å². The quantitative estimate of drug-likeness (QED) is 0.752. The van der Waals surface area contributed by atoms with Crippen LogP contribution >= 0.6 is 11.6 Å². The van der Waals surface area contributed by atoms with Crippen LogP contribution in [0.2, 0.25) is 5.02 Å². The standard InChI is InChI=1S/C12H17ClN2O/c13-10-6-3-4-7-11(10)15-12(16)8-2-1-5-9-14/h3-4,6-7H,1-2,5,8-9,14H2,(H,15,16). The van der Waals surface area contributed by atoms with Crippen molar-refractivity contribution in [1.82, 2.24) is 0 Å². The van der Waals surface area contributed by atoms with Crippen LogP contribution in [0.5, 0.6) is 0 Å². The van der Waals surface area contributed by atoms with Crippen LogP contribution in [-0.4, -0.2) is 12.5 Å². The second-order valence-electron chi connectivity index (χ2n) is 3.63. The Bertz CT molecular complexity index is 342. The molecule has 0 aliphatic heterocycles. The van der Waals surface area contributed by atoms with Gasteiger partial charge in [-0.2, -0.15) is 0 Å². The number of nitrogens with one attached hydrogen (secondary N) is 1. The molecule has 88 valence electrons. The van der Waals surface area contributed by atoms with Crippen LogP contribution in [0.1, 0.15) is 25.7 Å². The summed E-state index contributed by atoms with van der Waals surface area (Å²) in [6, 6.07) is 7.22. The second-order valence-corrected chi connectivity index (χ2v) is 4.03. The summed E-state index contributed by atoms with van der Waals surface area (Å²) >= 11 is 5.92. The average Bonchev–Trinajstić information content (AvgIpc) is 2.28. The van der Waals surface area contributed by atoms with Crippen LogP contribution in [0.3, 0.4) is 0 Å². The molecule has 16 heavy (non-hydrogen) atoms. The van der Waals surface area contributed by atoms with E-state index in [1.54, 1.807) is 12.1 Å². The fraction of sp³-hybridized carbons (Fsp3) is 0.417. The zero-order valence-corrected chi connectivity index (χ0v) is 9.96. The lowest BCUT2D eigenvalue weighted by Crippen LogP contribution is -2.11. The first-order valence-electron chi connectivity index (χ1n) is 5.48. The van der Waals surface area contributed by atoms with E-state index in [1.807, 2.05) is 12.1 Å². The Balaban J connectivity index is 2.32. The maximum Gasteiger partial charge on any atom is 0.224 e. The van der Waals surface area contributed by atoms with E-state index in [0.29, 0.717) is 23.7 Å². The van der Waals surface area contributed by atoms with E-state index in [0.717, 1.165) is 19.3 Å². The van der Waals surface area contributed by atoms with Crippen LogP contribution in [-0.2, 0) is 4.79 Å². The molecule has 0 heterocycles. The van der Waals surface area contributed by atoms with Gasteiger partial charge in [-0.15, -0.1) is 0 Å². The molecule has 3 N–H and O–H groups in total. The summed E-state index contributed by atoms with van der Waals surface area (Å²) in [6.45, 7) is 0.687. The summed E-state index contributed by atoms with van der Waals surface area (Å²) in [4.78, 5) is 11.5. The molecule has 1 aromatic rings. The topological polar surface area (TPSA) is 55.1 Å². The van der Waals surface area contributed by atoms with Crippen LogP contribution in [0.25, 0.3) is 0 Å². The van der Waals surface area contributed by atoms with Crippen molar-refractivity contribution in [2.45, 2.75) is 25.7 Å². The molecule has 3 nitrogen and oxygen atoms in total. The largest absolute Gasteiger partial charge is 0.330 e. The molecular weight excluding hydrogens is 224 g/mol. The van der Waals surface area contributed by atoms with E-state index >= 15 is 0 Å². The minimum Gasteiger partial charge on any atom is -0.330 e. The number of unbranched alkanes of at least 4 members (excludes halogenated alkanes) is 2. The number of rotatable bonds is 6. The van der Waals surface area contributed by atoms with Gasteiger partial charge in [0, 0.05) is 6.42 Å². The lowest BCUT2D eigenvalue weighted by Gasteiger charge is -2.06. The minimum atomic E-state index is 0.00474. The molecule has 0 aromatic heterocycles. The molecule has 0 aliphatic rings. The van der Waals surface area contributed by atoms with Crippen molar-refractivity contribution in [3.63, 3.8) is 0 Å². The smallest absolute Gasteiger partial charge is 0.224 e. The SMILES string of the molecule is NCCCCCC(=O)Nc1ccccc1Cl. The average molecular weight is 241 g/mol. The molecule has 1 amide bonds. The van der Waals surface area contributed by atoms with Crippen molar-refractivity contribution in [3.05, 3.63) is 29.3 Å². The molecule has 0 aliphatic carbocycles. The number of hydrogen-bond donors (Lipinski definition) is 2. The normalized spacial score (nSPS) is 10.1. The van der Waals surface area contributed by atoms with E-state index in [1.165, 1.54) is 0 Å². The Morgan fingerprint density at radius 1 is 1.25 bits per heavy atom. The highest BCUT2D eigenvalue weighted by molar-refractivity contribution is 6.33. The Hall–Kier alpha value is -1.06. The van der Waals surface area contributed by atoms with Gasteiger partial charge in [-0.3, -0.25) is 4.79 Å². The zero-order chi connectivity index (χ0) is 11.8. The van der Waals surface area contributed by atoms with Gasteiger partial charge in [-0.25, -0.2) is 0 Å². The van der Waals surface area contributed by atoms with Crippen LogP contribution < -0.4 is 11.1 Å². The number of amides is 1. The molecule has 4 heteroatoms. The first kappa shape index (κ1) is 13.0. The highest BCUT2D eigenvalue weighted by Gasteiger charge is 2.04. The Morgan fingerprint density at radius 3 is 2.69 bits per heavy atom. The second kappa shape index (κ2) is 7.25. The number of carbonyl (C=O) groups excluding carboxylic acids is 1. The summed E-state index contributed by atoms with van der Waals surface area (Å²) < 4.78 is 0. The van der Waals surface area contributed by atoms with Gasteiger partial charge in [0.2, 0.25) is 5.91 Å². The molecule has 0 radical (unpaired) electrons. The molecule has 0 spiro atoms. The lowest BCUT2D eigenvalue weighted by atomic mass is 10.2. The fourth-order valence-corrected chi connectivity index (χ4v) is 1.56. The first-order chi connectivity index (χ1) is 7.74. The number of benzene rings is 1. The molecule has 0 saturated heterocycles. The molecule has 1 rings (SSSR count). The van der Waals surface area contributed by atoms with Crippen molar-refractivity contribution < 1.29 is 4.79 Å². The molecule has 0 unspecified atom stereocenters. The first-order valence-corrected chi connectivity index (χ1v) is 5.86. The van der Waals surface area contributed by atoms with E-state index in [-0.39, 0.29) is 5.91 Å². The Kier molecular flexibility index (Phi) is 5.90. The summed E-state index contributed by atoms with van der Waals surface area (Å²) in [5.41, 5.74) is 6.04. The molecule has 0 atom stereocenters. The molecule has 1 aromatic carbocycles. The fourth-order valence-electron chi connectivity index (χ4n) is 1.38. The Morgan fingerprint density at radius 2 is 2.00 bits per heavy atom. The van der Waals surface area contributed by atoms with Crippen LogP contribution in [0, 0.1) is 0 Å². The molecule has 0 fully saturated rings. The van der Waals surface area contributed by atoms with Gasteiger partial charge in [-0.05, 0) is 31.5 Å². The van der Waals surface area contributed by atoms with Crippen LogP contribution in [0.15, 0.2) is 24.3 Å². The number of hydrogen-bond acceptors (Lipinski definition) is 2. The summed E-state index contributed by atoms with van der Waals surface area (Å²) in [5.74, 6) is 0.00474. The van der Waals surface area contributed by atoms with E-state index in [2.05, 4.69) is 5.32 Å². The number of anilines is 1. The third-order valence-electron chi connectivity index (χ3n) is 2.26. The van der Waals surface area contributed by atoms with Crippen molar-refractivity contribution in [2.75, 3.05) is 11.9 Å². The maximum atomic E-state index is 11.5. The van der Waals surface area contributed by atoms with Crippen molar-refractivity contribution in [2.24, 2.45) is 5.73 Å². The molecular formula is C12H17ClN2O. The summed E-state index contributed by atoms with van der Waals surface area (Å²) in [7, 11) is 0. The maximum absolute atomic E-state index is 11.5. The minimum absolute atomic E-state index is 0.00474. The summed E-state index contributed by atoms with van der Waals surface area (Å²) in [6.07, 6.45) is 3.35. The van der Waals surface area contributed by atoms with Crippen LogP contribution in [0.4, 0.5) is 5.69 Å². The highest BCUT2D eigenvalue weighted by atomic mass is 35.5. The predicted molar refractivity (Wildman–Crippen MR) is 67.6 cm³/mol. The van der Waals surface area contributed by atoms with Crippen molar-refractivity contribution in [1.29, 1.82) is 0 Å². The predicted octanol–water partition coefficient (Wildman–Crippen LogP) is 2.80. The number of nitrogens with two attached hydrogens (primary N) is 1. The van der Waals surface area contributed by atoms with Gasteiger partial charge in [0.1, 0.15) is 0 Å². The lowest BCUT2D eigenvalue weighted by molar-refractivity contribution is -0.116. The van der Waals surface area contributed by atoms with Crippen molar-refractivity contribution >= 4 is 23.2 Å².